The smallest absolute Gasteiger partial charge is 0.250 e. The summed E-state index contributed by atoms with van der Waals surface area (Å²) < 4.78 is 5.32. The van der Waals surface area contributed by atoms with Crippen LogP contribution in [0.5, 0.6) is 5.75 Å². The minimum absolute atomic E-state index is 0.0542. The number of carbonyl (C=O) groups is 4. The van der Waals surface area contributed by atoms with Gasteiger partial charge < -0.3 is 14.5 Å². The normalized spacial score (nSPS) is 27.1. The molecule has 3 aliphatic rings. The summed E-state index contributed by atoms with van der Waals surface area (Å²) in [6.45, 7) is 4.41. The molecule has 8 nitrogen and oxygen atoms in total. The van der Waals surface area contributed by atoms with Gasteiger partial charge in [0.1, 0.15) is 11.3 Å². The van der Waals surface area contributed by atoms with Crippen molar-refractivity contribution in [3.05, 3.63) is 65.7 Å². The predicted octanol–water partition coefficient (Wildman–Crippen LogP) is 2.82. The maximum atomic E-state index is 14.5. The van der Waals surface area contributed by atoms with Crippen LogP contribution in [0.25, 0.3) is 0 Å². The first-order valence-electron chi connectivity index (χ1n) is 13.0. The zero-order chi connectivity index (χ0) is 26.3. The maximum absolute atomic E-state index is 14.5. The van der Waals surface area contributed by atoms with Gasteiger partial charge in [-0.2, -0.15) is 0 Å². The van der Waals surface area contributed by atoms with E-state index in [1.807, 2.05) is 49.4 Å². The molecule has 0 bridgehead atoms. The first-order chi connectivity index (χ1) is 17.9. The van der Waals surface area contributed by atoms with Crippen LogP contribution in [0, 0.1) is 11.8 Å². The Morgan fingerprint density at radius 3 is 2.27 bits per heavy atom. The van der Waals surface area contributed by atoms with Crippen molar-refractivity contribution in [3.63, 3.8) is 0 Å². The average Bonchev–Trinajstić information content (AvgIpc) is 3.36. The van der Waals surface area contributed by atoms with E-state index < -0.39 is 23.4 Å². The van der Waals surface area contributed by atoms with Gasteiger partial charge in [0.05, 0.1) is 31.5 Å². The fourth-order valence-electron chi connectivity index (χ4n) is 6.51. The minimum Gasteiger partial charge on any atom is -0.497 e. The number of piperazine rings is 1. The number of carbonyl (C=O) groups excluding carboxylic acids is 4. The summed E-state index contributed by atoms with van der Waals surface area (Å²) in [5.41, 5.74) is 0.0828. The van der Waals surface area contributed by atoms with E-state index in [-0.39, 0.29) is 43.1 Å². The molecular weight excluding hydrogens is 470 g/mol. The van der Waals surface area contributed by atoms with Crippen LogP contribution < -0.4 is 4.74 Å². The van der Waals surface area contributed by atoms with E-state index in [2.05, 4.69) is 0 Å². The van der Waals surface area contributed by atoms with Gasteiger partial charge in [-0.15, -0.1) is 0 Å². The van der Waals surface area contributed by atoms with Crippen LogP contribution in [0.1, 0.15) is 43.9 Å². The monoisotopic (exact) mass is 503 g/mol. The van der Waals surface area contributed by atoms with Crippen molar-refractivity contribution in [2.24, 2.45) is 11.8 Å². The molecule has 0 radical (unpaired) electrons. The number of hydrogen-bond acceptors (Lipinski definition) is 5. The number of imide groups is 1. The molecule has 0 aromatic heterocycles. The number of ether oxygens (including phenoxy) is 1. The minimum atomic E-state index is -1.48. The van der Waals surface area contributed by atoms with E-state index in [0.717, 1.165) is 18.4 Å². The lowest BCUT2D eigenvalue weighted by molar-refractivity contribution is -0.169. The van der Waals surface area contributed by atoms with Crippen molar-refractivity contribution in [3.8, 4) is 5.75 Å². The molecule has 0 saturated carbocycles. The summed E-state index contributed by atoms with van der Waals surface area (Å²) in [4.78, 5) is 60.6. The number of methoxy groups -OCH3 is 1. The lowest BCUT2D eigenvalue weighted by atomic mass is 9.74. The molecular formula is C29H33N3O5. The highest BCUT2D eigenvalue weighted by Crippen LogP contribution is 2.58. The van der Waals surface area contributed by atoms with Gasteiger partial charge in [-0.05, 0) is 36.6 Å². The molecule has 3 saturated heterocycles. The van der Waals surface area contributed by atoms with Crippen LogP contribution in [0.3, 0.4) is 0 Å². The number of likely N-dealkylation sites (tertiary alicyclic amines) is 1. The molecule has 194 valence electrons. The van der Waals surface area contributed by atoms with Crippen molar-refractivity contribution in [2.45, 2.75) is 44.7 Å². The molecule has 0 N–H and O–H groups in total. The Kier molecular flexibility index (Phi) is 6.52. The second-order valence-electron chi connectivity index (χ2n) is 10.1. The second kappa shape index (κ2) is 9.65. The van der Waals surface area contributed by atoms with Gasteiger partial charge in [0.25, 0.3) is 0 Å². The van der Waals surface area contributed by atoms with E-state index in [1.54, 1.807) is 36.0 Å². The molecule has 4 atom stereocenters. The SMILES string of the molecule is CCCCN1CC(=O)N2C(c3ccc(OC)cc3)C3C(=O)N(CC)C(=O)C3[C@]2(Cc2ccccc2)C1=O. The summed E-state index contributed by atoms with van der Waals surface area (Å²) in [7, 11) is 1.57. The van der Waals surface area contributed by atoms with Gasteiger partial charge in [0, 0.05) is 19.5 Å². The summed E-state index contributed by atoms with van der Waals surface area (Å²) in [5, 5.41) is 0. The van der Waals surface area contributed by atoms with Gasteiger partial charge in [-0.1, -0.05) is 55.8 Å². The van der Waals surface area contributed by atoms with Crippen LogP contribution >= 0.6 is 0 Å². The second-order valence-corrected chi connectivity index (χ2v) is 10.1. The van der Waals surface area contributed by atoms with E-state index >= 15 is 0 Å². The van der Waals surface area contributed by atoms with Crippen molar-refractivity contribution in [1.82, 2.24) is 14.7 Å². The van der Waals surface area contributed by atoms with Crippen molar-refractivity contribution < 1.29 is 23.9 Å². The van der Waals surface area contributed by atoms with Gasteiger partial charge in [0.2, 0.25) is 23.6 Å². The standard InChI is InChI=1S/C29H33N3O5/c1-4-6-16-30-18-22(33)32-25(20-12-14-21(37-3)15-13-20)23-24(27(35)31(5-2)26(23)34)29(32,28(30)36)17-19-10-8-7-9-11-19/h7-15,23-25H,4-6,16-18H2,1-3H3/t23?,24?,25?,29-/m1/s1. The van der Waals surface area contributed by atoms with Gasteiger partial charge in [-0.3, -0.25) is 24.1 Å². The first-order valence-corrected chi connectivity index (χ1v) is 13.0. The third kappa shape index (κ3) is 3.72. The molecule has 2 aromatic rings. The zero-order valence-corrected chi connectivity index (χ0v) is 21.6. The van der Waals surface area contributed by atoms with Crippen molar-refractivity contribution in [1.29, 1.82) is 0 Å². The van der Waals surface area contributed by atoms with Gasteiger partial charge in [0.15, 0.2) is 0 Å². The van der Waals surface area contributed by atoms with E-state index in [1.165, 1.54) is 4.90 Å². The van der Waals surface area contributed by atoms with Crippen LogP contribution in [0.4, 0.5) is 0 Å². The van der Waals surface area contributed by atoms with E-state index in [9.17, 15) is 19.2 Å². The quantitative estimate of drug-likeness (QED) is 0.517. The fourth-order valence-corrected chi connectivity index (χ4v) is 6.51. The Morgan fingerprint density at radius 1 is 0.946 bits per heavy atom. The Bertz CT molecular complexity index is 1210. The van der Waals surface area contributed by atoms with Gasteiger partial charge in [-0.25, -0.2) is 0 Å². The highest BCUT2D eigenvalue weighted by atomic mass is 16.5. The Hall–Kier alpha value is -3.68. The highest BCUT2D eigenvalue weighted by Gasteiger charge is 2.74. The summed E-state index contributed by atoms with van der Waals surface area (Å²) in [5.74, 6) is -2.30. The number of fused-ring (bicyclic) bond motifs is 3. The number of benzene rings is 2. The average molecular weight is 504 g/mol. The molecule has 0 aliphatic carbocycles. The largest absolute Gasteiger partial charge is 0.497 e. The lowest BCUT2D eigenvalue weighted by Gasteiger charge is -2.49. The summed E-state index contributed by atoms with van der Waals surface area (Å²) in [6.07, 6.45) is 1.80. The Balaban J connectivity index is 1.73. The molecule has 3 heterocycles. The summed E-state index contributed by atoms with van der Waals surface area (Å²) >= 11 is 0. The Morgan fingerprint density at radius 2 is 1.65 bits per heavy atom. The number of unbranched alkanes of at least 4 members (excludes halogenated alkanes) is 1. The van der Waals surface area contributed by atoms with E-state index in [4.69, 9.17) is 4.74 Å². The highest BCUT2D eigenvalue weighted by molar-refractivity contribution is 6.13. The molecule has 8 heteroatoms. The fraction of sp³-hybridized carbons (Fsp3) is 0.448. The molecule has 3 unspecified atom stereocenters. The first kappa shape index (κ1) is 25.0. The molecule has 3 aliphatic heterocycles. The number of rotatable bonds is 8. The van der Waals surface area contributed by atoms with Gasteiger partial charge >= 0.3 is 0 Å². The van der Waals surface area contributed by atoms with Crippen LogP contribution in [0.2, 0.25) is 0 Å². The zero-order valence-electron chi connectivity index (χ0n) is 21.6. The molecule has 3 fully saturated rings. The molecule has 4 amide bonds. The van der Waals surface area contributed by atoms with Crippen LogP contribution in [-0.2, 0) is 25.6 Å². The molecule has 5 rings (SSSR count). The maximum Gasteiger partial charge on any atom is 0.250 e. The third-order valence-electron chi connectivity index (χ3n) is 8.13. The molecule has 0 spiro atoms. The molecule has 37 heavy (non-hydrogen) atoms. The lowest BCUT2D eigenvalue weighted by Crippen LogP contribution is -2.70. The van der Waals surface area contributed by atoms with Crippen molar-refractivity contribution >= 4 is 23.6 Å². The third-order valence-corrected chi connectivity index (χ3v) is 8.13. The van der Waals surface area contributed by atoms with Crippen LogP contribution in [0.15, 0.2) is 54.6 Å². The summed E-state index contributed by atoms with van der Waals surface area (Å²) in [6, 6.07) is 16.0. The number of amides is 4. The van der Waals surface area contributed by atoms with Crippen molar-refractivity contribution in [2.75, 3.05) is 26.7 Å². The number of nitrogens with zero attached hydrogens (tertiary/aromatic N) is 3. The van der Waals surface area contributed by atoms with Crippen LogP contribution in [-0.4, -0.2) is 70.6 Å². The Labute approximate surface area is 217 Å². The topological polar surface area (TPSA) is 87.2 Å². The van der Waals surface area contributed by atoms with E-state index in [0.29, 0.717) is 17.9 Å². The molecule has 2 aromatic carbocycles. The number of hydrogen-bond donors (Lipinski definition) is 0. The predicted molar refractivity (Wildman–Crippen MR) is 136 cm³/mol.